The molecule has 0 aliphatic rings. The number of rotatable bonds is 2. The number of aryl methyl sites for hydroxylation is 1. The highest BCUT2D eigenvalue weighted by Crippen LogP contribution is 2.07. The van der Waals surface area contributed by atoms with E-state index < -0.39 is 0 Å². The molecule has 4 heteroatoms. The minimum absolute atomic E-state index is 0.394. The number of H-pyrrole nitrogens is 1. The Bertz CT molecular complexity index is 422. The number of fused-ring (bicyclic) bond motifs is 1. The van der Waals surface area contributed by atoms with Crippen LogP contribution >= 0.6 is 0 Å². The quantitative estimate of drug-likeness (QED) is 0.516. The lowest BCUT2D eigenvalue weighted by Crippen LogP contribution is -2.32. The van der Waals surface area contributed by atoms with Crippen LogP contribution in [0.15, 0.2) is 24.3 Å². The zero-order chi connectivity index (χ0) is 9.26. The number of nitrogens with zero attached hydrogens (tertiary/aromatic N) is 1. The lowest BCUT2D eigenvalue weighted by Gasteiger charge is -1.91. The van der Waals surface area contributed by atoms with E-state index in [0.717, 1.165) is 16.9 Å². The highest BCUT2D eigenvalue weighted by molar-refractivity contribution is 5.70. The zero-order valence-electron chi connectivity index (χ0n) is 7.45. The third-order valence-corrected chi connectivity index (χ3v) is 2.17. The Morgan fingerprint density at radius 3 is 2.92 bits per heavy atom. The first-order chi connectivity index (χ1) is 6.33. The van der Waals surface area contributed by atoms with Crippen LogP contribution in [0.4, 0.5) is 0 Å². The predicted molar refractivity (Wildman–Crippen MR) is 48.5 cm³/mol. The fraction of sp³-hybridized carbons (Fsp3) is 0.222. The number of aromatic amines is 1. The van der Waals surface area contributed by atoms with E-state index in [1.165, 1.54) is 0 Å². The van der Waals surface area contributed by atoms with E-state index in [9.17, 15) is 0 Å². The summed E-state index contributed by atoms with van der Waals surface area (Å²) in [6, 6.07) is 8.07. The molecular formula is C9H12N3O+. The molecule has 0 amide bonds. The highest BCUT2D eigenvalue weighted by atomic mass is 16.6. The molecule has 0 aliphatic heterocycles. The van der Waals surface area contributed by atoms with Crippen molar-refractivity contribution in [2.75, 3.05) is 0 Å². The van der Waals surface area contributed by atoms with Crippen LogP contribution in [0, 0.1) is 0 Å². The van der Waals surface area contributed by atoms with Gasteiger partial charge in [0.2, 0.25) is 0 Å². The van der Waals surface area contributed by atoms with E-state index >= 15 is 0 Å². The Balaban J connectivity index is 2.60. The van der Waals surface area contributed by atoms with Gasteiger partial charge in [-0.05, 0) is 12.1 Å². The molecule has 0 fully saturated rings. The molecule has 4 nitrogen and oxygen atoms in total. The summed E-state index contributed by atoms with van der Waals surface area (Å²) in [5.74, 6) is 5.98. The SMILES string of the molecule is C[n+]1c(CON)[nH]c2ccccc21. The van der Waals surface area contributed by atoms with Crippen LogP contribution in [0.3, 0.4) is 0 Å². The molecule has 0 unspecified atom stereocenters. The van der Waals surface area contributed by atoms with Gasteiger partial charge in [-0.25, -0.2) is 15.4 Å². The summed E-state index contributed by atoms with van der Waals surface area (Å²) in [6.07, 6.45) is 0. The second kappa shape index (κ2) is 3.16. The van der Waals surface area contributed by atoms with E-state index in [1.807, 2.05) is 35.9 Å². The number of imidazole rings is 1. The molecule has 13 heavy (non-hydrogen) atoms. The van der Waals surface area contributed by atoms with Crippen LogP contribution in [0.2, 0.25) is 0 Å². The summed E-state index contributed by atoms with van der Waals surface area (Å²) in [7, 11) is 1.98. The third-order valence-electron chi connectivity index (χ3n) is 2.17. The maximum absolute atomic E-state index is 5.02. The number of benzene rings is 1. The topological polar surface area (TPSA) is 54.9 Å². The van der Waals surface area contributed by atoms with Gasteiger partial charge < -0.3 is 0 Å². The van der Waals surface area contributed by atoms with Crippen molar-refractivity contribution in [3.63, 3.8) is 0 Å². The number of nitrogens with one attached hydrogen (secondary N) is 1. The van der Waals surface area contributed by atoms with Crippen molar-refractivity contribution >= 4 is 11.0 Å². The van der Waals surface area contributed by atoms with Crippen LogP contribution in [0.1, 0.15) is 5.82 Å². The number of nitrogens with two attached hydrogens (primary N) is 1. The Labute approximate surface area is 75.9 Å². The lowest BCUT2D eigenvalue weighted by molar-refractivity contribution is -0.655. The molecule has 1 aromatic heterocycles. The zero-order valence-corrected chi connectivity index (χ0v) is 7.45. The van der Waals surface area contributed by atoms with Gasteiger partial charge in [0.25, 0.3) is 5.82 Å². The molecule has 2 aromatic rings. The summed E-state index contributed by atoms with van der Waals surface area (Å²) in [5, 5.41) is 0. The second-order valence-corrected chi connectivity index (χ2v) is 2.96. The van der Waals surface area contributed by atoms with E-state index in [4.69, 9.17) is 5.90 Å². The first kappa shape index (κ1) is 8.22. The van der Waals surface area contributed by atoms with Crippen molar-refractivity contribution in [3.8, 4) is 0 Å². The van der Waals surface area contributed by atoms with E-state index in [1.54, 1.807) is 0 Å². The molecule has 0 atom stereocenters. The van der Waals surface area contributed by atoms with Crippen LogP contribution in [-0.2, 0) is 18.5 Å². The van der Waals surface area contributed by atoms with E-state index in [0.29, 0.717) is 6.61 Å². The summed E-state index contributed by atoms with van der Waals surface area (Å²) < 4.78 is 2.03. The van der Waals surface area contributed by atoms with Gasteiger partial charge in [-0.1, -0.05) is 12.1 Å². The number of hydrogen-bond donors (Lipinski definition) is 2. The van der Waals surface area contributed by atoms with E-state index in [2.05, 4.69) is 9.82 Å². The smallest absolute Gasteiger partial charge is 0.283 e. The first-order valence-corrected chi connectivity index (χ1v) is 4.10. The molecule has 1 heterocycles. The average Bonchev–Trinajstić information content (AvgIpc) is 2.46. The molecular weight excluding hydrogens is 166 g/mol. The summed E-state index contributed by atoms with van der Waals surface area (Å²) in [6.45, 7) is 0.394. The fourth-order valence-corrected chi connectivity index (χ4v) is 1.47. The lowest BCUT2D eigenvalue weighted by atomic mass is 10.3. The van der Waals surface area contributed by atoms with Crippen LogP contribution < -0.4 is 10.5 Å². The molecule has 0 saturated carbocycles. The highest BCUT2D eigenvalue weighted by Gasteiger charge is 2.13. The number of hydrogen-bond acceptors (Lipinski definition) is 2. The maximum Gasteiger partial charge on any atom is 0.283 e. The fourth-order valence-electron chi connectivity index (χ4n) is 1.47. The van der Waals surface area contributed by atoms with E-state index in [-0.39, 0.29) is 0 Å². The van der Waals surface area contributed by atoms with Crippen molar-refractivity contribution in [3.05, 3.63) is 30.1 Å². The Kier molecular flexibility index (Phi) is 2.00. The van der Waals surface area contributed by atoms with Crippen LogP contribution in [0.25, 0.3) is 11.0 Å². The van der Waals surface area contributed by atoms with Crippen molar-refractivity contribution in [1.82, 2.24) is 4.98 Å². The van der Waals surface area contributed by atoms with Gasteiger partial charge in [0.15, 0.2) is 17.6 Å². The number of para-hydroxylation sites is 2. The third kappa shape index (κ3) is 1.30. The molecule has 0 saturated heterocycles. The monoisotopic (exact) mass is 178 g/mol. The molecule has 68 valence electrons. The molecule has 0 aliphatic carbocycles. The Morgan fingerprint density at radius 2 is 2.23 bits per heavy atom. The van der Waals surface area contributed by atoms with Crippen molar-refractivity contribution in [2.24, 2.45) is 12.9 Å². The minimum Gasteiger partial charge on any atom is -0.292 e. The van der Waals surface area contributed by atoms with Gasteiger partial charge in [-0.3, -0.25) is 4.84 Å². The van der Waals surface area contributed by atoms with Crippen molar-refractivity contribution < 1.29 is 9.40 Å². The summed E-state index contributed by atoms with van der Waals surface area (Å²) in [5.41, 5.74) is 2.24. The van der Waals surface area contributed by atoms with Gasteiger partial charge in [-0.15, -0.1) is 0 Å². The second-order valence-electron chi connectivity index (χ2n) is 2.96. The minimum atomic E-state index is 0.394. The Hall–Kier alpha value is -1.39. The summed E-state index contributed by atoms with van der Waals surface area (Å²) in [4.78, 5) is 7.81. The van der Waals surface area contributed by atoms with Gasteiger partial charge in [0, 0.05) is 0 Å². The maximum atomic E-state index is 5.02. The van der Waals surface area contributed by atoms with Crippen molar-refractivity contribution in [2.45, 2.75) is 6.61 Å². The van der Waals surface area contributed by atoms with Crippen molar-refractivity contribution in [1.29, 1.82) is 0 Å². The molecule has 3 N–H and O–H groups in total. The number of aromatic nitrogens is 2. The van der Waals surface area contributed by atoms with Gasteiger partial charge >= 0.3 is 0 Å². The standard InChI is InChI=1S/C9H11N3O/c1-12-8-5-3-2-4-7(8)11-9(12)6-13-10/h2-5H,6,10H2,1H3/p+1. The predicted octanol–water partition coefficient (Wildman–Crippen LogP) is 0.383. The van der Waals surface area contributed by atoms with Gasteiger partial charge in [0.05, 0.1) is 7.05 Å². The van der Waals surface area contributed by atoms with Crippen LogP contribution in [0.5, 0.6) is 0 Å². The summed E-state index contributed by atoms with van der Waals surface area (Å²) >= 11 is 0. The Morgan fingerprint density at radius 1 is 1.46 bits per heavy atom. The molecule has 0 radical (unpaired) electrons. The average molecular weight is 178 g/mol. The molecule has 2 rings (SSSR count). The first-order valence-electron chi connectivity index (χ1n) is 4.10. The van der Waals surface area contributed by atoms with Gasteiger partial charge in [-0.2, -0.15) is 0 Å². The van der Waals surface area contributed by atoms with Crippen LogP contribution in [-0.4, -0.2) is 4.98 Å². The molecule has 1 aromatic carbocycles. The van der Waals surface area contributed by atoms with Gasteiger partial charge in [0.1, 0.15) is 0 Å². The normalized spacial score (nSPS) is 10.9. The molecule has 0 bridgehead atoms. The largest absolute Gasteiger partial charge is 0.292 e. The molecule has 0 spiro atoms.